The number of rotatable bonds is 6. The van der Waals surface area contributed by atoms with E-state index in [0.717, 1.165) is 18.6 Å². The molecule has 0 aliphatic heterocycles. The highest BCUT2D eigenvalue weighted by Gasteiger charge is 2.04. The zero-order valence-corrected chi connectivity index (χ0v) is 9.19. The summed E-state index contributed by atoms with van der Waals surface area (Å²) in [5, 5.41) is 0. The molecule has 1 atom stereocenters. The van der Waals surface area contributed by atoms with Gasteiger partial charge in [0.05, 0.1) is 6.61 Å². The van der Waals surface area contributed by atoms with Gasteiger partial charge in [-0.2, -0.15) is 4.89 Å². The van der Waals surface area contributed by atoms with Gasteiger partial charge in [0.15, 0.2) is 0 Å². The first-order valence-electron chi connectivity index (χ1n) is 4.82. The van der Waals surface area contributed by atoms with Crippen LogP contribution in [-0.4, -0.2) is 24.6 Å². The smallest absolute Gasteiger partial charge is 0.366 e. The standard InChI is InChI=1S/C10H16O5/c1-4-8(3)14-15-10(12)7-6-9(11)13-5-2/h6-8H,4-5H2,1-3H3/b7-6-. The fourth-order valence-electron chi connectivity index (χ4n) is 0.552. The van der Waals surface area contributed by atoms with E-state index in [0.29, 0.717) is 0 Å². The third kappa shape index (κ3) is 7.69. The van der Waals surface area contributed by atoms with Crippen LogP contribution >= 0.6 is 0 Å². The first-order chi connectivity index (χ1) is 7.10. The molecule has 0 amide bonds. The summed E-state index contributed by atoms with van der Waals surface area (Å²) < 4.78 is 4.56. The second-order valence-electron chi connectivity index (χ2n) is 2.80. The lowest BCUT2D eigenvalue weighted by Crippen LogP contribution is -2.11. The van der Waals surface area contributed by atoms with Crippen molar-refractivity contribution >= 4 is 11.9 Å². The van der Waals surface area contributed by atoms with Crippen LogP contribution in [-0.2, 0) is 24.1 Å². The van der Waals surface area contributed by atoms with Crippen molar-refractivity contribution in [3.63, 3.8) is 0 Å². The first kappa shape index (κ1) is 13.6. The number of ether oxygens (including phenoxy) is 1. The minimum atomic E-state index is -0.733. The molecule has 0 aliphatic rings. The summed E-state index contributed by atoms with van der Waals surface area (Å²) in [5.74, 6) is -1.32. The van der Waals surface area contributed by atoms with Gasteiger partial charge in [-0.3, -0.25) is 4.89 Å². The highest BCUT2D eigenvalue weighted by molar-refractivity contribution is 5.91. The number of carbonyl (C=O) groups is 2. The molecule has 0 saturated carbocycles. The van der Waals surface area contributed by atoms with Crippen LogP contribution in [0.25, 0.3) is 0 Å². The molecule has 0 fully saturated rings. The molecular weight excluding hydrogens is 200 g/mol. The fourth-order valence-corrected chi connectivity index (χ4v) is 0.552. The van der Waals surface area contributed by atoms with E-state index in [2.05, 4.69) is 9.62 Å². The lowest BCUT2D eigenvalue weighted by Gasteiger charge is -2.06. The Morgan fingerprint density at radius 3 is 2.33 bits per heavy atom. The normalized spacial score (nSPS) is 12.5. The SMILES string of the molecule is CCOC(=O)/C=C\C(=O)OOC(C)CC. The zero-order valence-electron chi connectivity index (χ0n) is 9.19. The molecule has 15 heavy (non-hydrogen) atoms. The molecule has 5 heteroatoms. The highest BCUT2D eigenvalue weighted by atomic mass is 17.2. The van der Waals surface area contributed by atoms with Crippen LogP contribution in [0.4, 0.5) is 0 Å². The fraction of sp³-hybridized carbons (Fsp3) is 0.600. The van der Waals surface area contributed by atoms with E-state index >= 15 is 0 Å². The van der Waals surface area contributed by atoms with Crippen LogP contribution in [0, 0.1) is 0 Å². The van der Waals surface area contributed by atoms with Gasteiger partial charge < -0.3 is 4.74 Å². The maximum absolute atomic E-state index is 10.9. The Balaban J connectivity index is 3.78. The Labute approximate surface area is 88.9 Å². The topological polar surface area (TPSA) is 61.8 Å². The summed E-state index contributed by atoms with van der Waals surface area (Å²) in [6, 6.07) is 0. The van der Waals surface area contributed by atoms with Crippen molar-refractivity contribution in [3.8, 4) is 0 Å². The van der Waals surface area contributed by atoms with E-state index in [9.17, 15) is 9.59 Å². The van der Waals surface area contributed by atoms with Gasteiger partial charge in [-0.25, -0.2) is 9.59 Å². The zero-order chi connectivity index (χ0) is 11.7. The minimum absolute atomic E-state index is 0.162. The van der Waals surface area contributed by atoms with E-state index in [1.54, 1.807) is 13.8 Å². The molecule has 0 N–H and O–H groups in total. The number of carbonyl (C=O) groups excluding carboxylic acids is 2. The summed E-state index contributed by atoms with van der Waals surface area (Å²) in [4.78, 5) is 30.8. The highest BCUT2D eigenvalue weighted by Crippen LogP contribution is 1.97. The van der Waals surface area contributed by atoms with Crippen molar-refractivity contribution in [2.75, 3.05) is 6.61 Å². The summed E-state index contributed by atoms with van der Waals surface area (Å²) in [5.41, 5.74) is 0. The van der Waals surface area contributed by atoms with Crippen LogP contribution in [0.15, 0.2) is 12.2 Å². The van der Waals surface area contributed by atoms with E-state index in [1.807, 2.05) is 6.92 Å². The van der Waals surface area contributed by atoms with Gasteiger partial charge in [0, 0.05) is 12.2 Å². The molecule has 0 radical (unpaired) electrons. The van der Waals surface area contributed by atoms with Gasteiger partial charge in [-0.1, -0.05) is 6.92 Å². The van der Waals surface area contributed by atoms with Gasteiger partial charge >= 0.3 is 11.9 Å². The van der Waals surface area contributed by atoms with E-state index in [4.69, 9.17) is 4.89 Å². The molecule has 0 spiro atoms. The third-order valence-corrected chi connectivity index (χ3v) is 1.51. The maximum Gasteiger partial charge on any atom is 0.366 e. The molecule has 0 heterocycles. The summed E-state index contributed by atoms with van der Waals surface area (Å²) in [7, 11) is 0. The van der Waals surface area contributed by atoms with Gasteiger partial charge in [-0.15, -0.1) is 0 Å². The van der Waals surface area contributed by atoms with Crippen molar-refractivity contribution in [1.82, 2.24) is 0 Å². The van der Waals surface area contributed by atoms with Gasteiger partial charge in [0.2, 0.25) is 0 Å². The quantitative estimate of drug-likeness (QED) is 0.290. The predicted molar refractivity (Wildman–Crippen MR) is 52.7 cm³/mol. The summed E-state index contributed by atoms with van der Waals surface area (Å²) in [6.45, 7) is 5.60. The monoisotopic (exact) mass is 216 g/mol. The minimum Gasteiger partial charge on any atom is -0.463 e. The van der Waals surface area contributed by atoms with E-state index in [1.165, 1.54) is 0 Å². The average Bonchev–Trinajstić information content (AvgIpc) is 2.23. The van der Waals surface area contributed by atoms with E-state index < -0.39 is 11.9 Å². The lowest BCUT2D eigenvalue weighted by molar-refractivity contribution is -0.290. The molecule has 1 unspecified atom stereocenters. The Hall–Kier alpha value is -1.36. The Morgan fingerprint density at radius 2 is 1.80 bits per heavy atom. The van der Waals surface area contributed by atoms with Crippen molar-refractivity contribution < 1.29 is 24.1 Å². The average molecular weight is 216 g/mol. The largest absolute Gasteiger partial charge is 0.463 e. The molecule has 0 aliphatic carbocycles. The molecule has 0 aromatic rings. The molecule has 0 aromatic carbocycles. The number of esters is 1. The number of hydrogen-bond acceptors (Lipinski definition) is 5. The molecule has 5 nitrogen and oxygen atoms in total. The summed E-state index contributed by atoms with van der Waals surface area (Å²) >= 11 is 0. The van der Waals surface area contributed by atoms with Gasteiger partial charge in [0.25, 0.3) is 0 Å². The van der Waals surface area contributed by atoms with Crippen LogP contribution in [0.1, 0.15) is 27.2 Å². The van der Waals surface area contributed by atoms with Crippen molar-refractivity contribution in [1.29, 1.82) is 0 Å². The maximum atomic E-state index is 10.9. The van der Waals surface area contributed by atoms with Crippen LogP contribution in [0.2, 0.25) is 0 Å². The Kier molecular flexibility index (Phi) is 7.27. The lowest BCUT2D eigenvalue weighted by atomic mass is 10.3. The molecule has 0 bridgehead atoms. The van der Waals surface area contributed by atoms with Crippen molar-refractivity contribution in [2.45, 2.75) is 33.3 Å². The first-order valence-corrected chi connectivity index (χ1v) is 4.82. The predicted octanol–water partition coefficient (Wildman–Crippen LogP) is 1.38. The molecule has 86 valence electrons. The second-order valence-corrected chi connectivity index (χ2v) is 2.80. The third-order valence-electron chi connectivity index (χ3n) is 1.51. The summed E-state index contributed by atoms with van der Waals surface area (Å²) in [6.07, 6.45) is 2.52. The molecule has 0 aromatic heterocycles. The Morgan fingerprint density at radius 1 is 1.20 bits per heavy atom. The number of hydrogen-bond donors (Lipinski definition) is 0. The van der Waals surface area contributed by atoms with E-state index in [-0.39, 0.29) is 12.7 Å². The van der Waals surface area contributed by atoms with Gasteiger partial charge in [-0.05, 0) is 20.3 Å². The van der Waals surface area contributed by atoms with Crippen LogP contribution in [0.3, 0.4) is 0 Å². The van der Waals surface area contributed by atoms with Crippen molar-refractivity contribution in [3.05, 3.63) is 12.2 Å². The van der Waals surface area contributed by atoms with Gasteiger partial charge in [0.1, 0.15) is 6.10 Å². The van der Waals surface area contributed by atoms with Crippen molar-refractivity contribution in [2.24, 2.45) is 0 Å². The van der Waals surface area contributed by atoms with Crippen LogP contribution < -0.4 is 0 Å². The molecule has 0 saturated heterocycles. The van der Waals surface area contributed by atoms with Crippen LogP contribution in [0.5, 0.6) is 0 Å². The molecular formula is C10H16O5. The molecule has 0 rings (SSSR count). The second kappa shape index (κ2) is 7.99. The Bertz CT molecular complexity index is 234.